The van der Waals surface area contributed by atoms with Gasteiger partial charge >= 0.3 is 0 Å². The molecular weight excluding hydrogens is 280 g/mol. The first-order valence-corrected chi connectivity index (χ1v) is 10.5. The summed E-state index contributed by atoms with van der Waals surface area (Å²) in [5, 5.41) is 10.3. The predicted molar refractivity (Wildman–Crippen MR) is 96.1 cm³/mol. The van der Waals surface area contributed by atoms with E-state index in [1.165, 1.54) is 57.8 Å². The van der Waals surface area contributed by atoms with Crippen LogP contribution in [0.5, 0.6) is 0 Å². The fraction of sp³-hybridized carbons (Fsp3) is 1.00. The van der Waals surface area contributed by atoms with E-state index in [4.69, 9.17) is 0 Å². The van der Waals surface area contributed by atoms with Crippen LogP contribution in [0.25, 0.3) is 0 Å². The van der Waals surface area contributed by atoms with Crippen molar-refractivity contribution >= 4 is 0 Å². The quantitative estimate of drug-likeness (QED) is 0.661. The minimum Gasteiger partial charge on any atom is -0.393 e. The number of fused-ring (bicyclic) bond motifs is 5. The normalized spacial score (nSPS) is 57.3. The summed E-state index contributed by atoms with van der Waals surface area (Å²) in [4.78, 5) is 0. The first-order valence-electron chi connectivity index (χ1n) is 10.5. The number of rotatable bonds is 1. The minimum absolute atomic E-state index is 0.107. The molecule has 0 aromatic rings. The zero-order valence-electron chi connectivity index (χ0n) is 15.9. The van der Waals surface area contributed by atoms with Crippen LogP contribution in [-0.4, -0.2) is 11.2 Å². The van der Waals surface area contributed by atoms with Crippen LogP contribution in [0.15, 0.2) is 0 Å². The third-order valence-corrected chi connectivity index (χ3v) is 9.58. The van der Waals surface area contributed by atoms with Gasteiger partial charge in [0.2, 0.25) is 0 Å². The zero-order valence-corrected chi connectivity index (χ0v) is 15.9. The summed E-state index contributed by atoms with van der Waals surface area (Å²) in [5.74, 6) is 5.38. The fourth-order valence-corrected chi connectivity index (χ4v) is 8.31. The van der Waals surface area contributed by atoms with Gasteiger partial charge in [-0.2, -0.15) is 0 Å². The van der Waals surface area contributed by atoms with Crippen molar-refractivity contribution in [2.24, 2.45) is 46.3 Å². The Balaban J connectivity index is 1.60. The Morgan fingerprint density at radius 2 is 1.57 bits per heavy atom. The molecule has 1 unspecified atom stereocenters. The molecule has 1 N–H and O–H groups in total. The van der Waals surface area contributed by atoms with Gasteiger partial charge in [-0.05, 0) is 105 Å². The highest BCUT2D eigenvalue weighted by atomic mass is 16.3. The third-order valence-electron chi connectivity index (χ3n) is 9.58. The average Bonchev–Trinajstić information content (AvgIpc) is 2.85. The molecule has 0 spiro atoms. The van der Waals surface area contributed by atoms with Crippen molar-refractivity contribution in [1.29, 1.82) is 0 Å². The van der Waals surface area contributed by atoms with E-state index in [0.29, 0.717) is 16.7 Å². The lowest BCUT2D eigenvalue weighted by atomic mass is 9.44. The molecule has 4 saturated carbocycles. The predicted octanol–water partition coefficient (Wildman–Crippen LogP) is 5.66. The number of hydrogen-bond donors (Lipinski definition) is 1. The van der Waals surface area contributed by atoms with Crippen molar-refractivity contribution in [2.45, 2.75) is 91.6 Å². The SMILES string of the molecule is CC(O)[C@H]1CC[C@H]2[C@@H]3CC[C@H]4C[C@@H](C)CC[C@]4(C)[C@H]3CC[C@]12C. The molecule has 4 aliphatic rings. The Kier molecular flexibility index (Phi) is 3.91. The fourth-order valence-electron chi connectivity index (χ4n) is 8.31. The number of aliphatic hydroxyl groups is 1. The highest BCUT2D eigenvalue weighted by Crippen LogP contribution is 2.68. The van der Waals surface area contributed by atoms with Gasteiger partial charge in [0.1, 0.15) is 0 Å². The minimum atomic E-state index is -0.107. The van der Waals surface area contributed by atoms with Crippen LogP contribution in [0.2, 0.25) is 0 Å². The highest BCUT2D eigenvalue weighted by molar-refractivity contribution is 5.09. The molecule has 4 rings (SSSR count). The average molecular weight is 319 g/mol. The van der Waals surface area contributed by atoms with Crippen molar-refractivity contribution in [2.75, 3.05) is 0 Å². The van der Waals surface area contributed by atoms with Crippen LogP contribution < -0.4 is 0 Å². The molecule has 4 fully saturated rings. The smallest absolute Gasteiger partial charge is 0.0545 e. The van der Waals surface area contributed by atoms with Crippen molar-refractivity contribution in [3.05, 3.63) is 0 Å². The zero-order chi connectivity index (χ0) is 16.4. The van der Waals surface area contributed by atoms with Gasteiger partial charge in [0, 0.05) is 0 Å². The van der Waals surface area contributed by atoms with E-state index in [1.54, 1.807) is 0 Å². The molecule has 0 aromatic carbocycles. The van der Waals surface area contributed by atoms with E-state index < -0.39 is 0 Å². The van der Waals surface area contributed by atoms with Crippen molar-refractivity contribution in [1.82, 2.24) is 0 Å². The maximum atomic E-state index is 10.3. The van der Waals surface area contributed by atoms with Gasteiger partial charge in [0.05, 0.1) is 6.10 Å². The van der Waals surface area contributed by atoms with Crippen LogP contribution >= 0.6 is 0 Å². The standard InChI is InChI=1S/C22H38O/c1-14-9-11-21(3)16(13-14)5-6-17-19-8-7-18(15(2)23)22(19,4)12-10-20(17)21/h14-20,23H,5-13H2,1-4H3/t14-,15?,16-,17-,18+,19-,20-,21-,22+/m0/s1. The molecule has 0 aromatic heterocycles. The summed E-state index contributed by atoms with van der Waals surface area (Å²) in [5.41, 5.74) is 1.07. The first kappa shape index (κ1) is 16.4. The molecule has 0 saturated heterocycles. The molecule has 0 bridgehead atoms. The second kappa shape index (κ2) is 5.48. The molecule has 132 valence electrons. The topological polar surface area (TPSA) is 20.2 Å². The molecule has 0 aliphatic heterocycles. The number of aliphatic hydroxyl groups excluding tert-OH is 1. The summed E-state index contributed by atoms with van der Waals surface area (Å²) in [6.07, 6.45) is 12.8. The molecule has 0 heterocycles. The van der Waals surface area contributed by atoms with E-state index in [1.807, 2.05) is 6.92 Å². The second-order valence-corrected chi connectivity index (χ2v) is 10.5. The lowest BCUT2D eigenvalue weighted by Gasteiger charge is -2.61. The first-order chi connectivity index (χ1) is 10.9. The van der Waals surface area contributed by atoms with Gasteiger partial charge < -0.3 is 5.11 Å². The molecular formula is C22H38O. The Labute approximate surface area is 143 Å². The summed E-state index contributed by atoms with van der Waals surface area (Å²) in [6, 6.07) is 0. The lowest BCUT2D eigenvalue weighted by molar-refractivity contribution is -0.123. The van der Waals surface area contributed by atoms with Gasteiger partial charge in [-0.15, -0.1) is 0 Å². The van der Waals surface area contributed by atoms with Crippen LogP contribution in [0.4, 0.5) is 0 Å². The maximum absolute atomic E-state index is 10.3. The molecule has 4 aliphatic carbocycles. The second-order valence-electron chi connectivity index (χ2n) is 10.5. The molecule has 0 radical (unpaired) electrons. The van der Waals surface area contributed by atoms with Crippen molar-refractivity contribution in [3.8, 4) is 0 Å². The lowest BCUT2D eigenvalue weighted by Crippen LogP contribution is -2.53. The monoisotopic (exact) mass is 318 g/mol. The summed E-state index contributed by atoms with van der Waals surface area (Å²) >= 11 is 0. The third kappa shape index (κ3) is 2.28. The Bertz CT molecular complexity index is 457. The molecule has 0 amide bonds. The number of hydrogen-bond acceptors (Lipinski definition) is 1. The van der Waals surface area contributed by atoms with Crippen molar-refractivity contribution in [3.63, 3.8) is 0 Å². The van der Waals surface area contributed by atoms with E-state index in [2.05, 4.69) is 20.8 Å². The van der Waals surface area contributed by atoms with Gasteiger partial charge in [0.15, 0.2) is 0 Å². The molecule has 9 atom stereocenters. The van der Waals surface area contributed by atoms with Crippen LogP contribution in [0.1, 0.15) is 85.5 Å². The Morgan fingerprint density at radius 1 is 0.870 bits per heavy atom. The van der Waals surface area contributed by atoms with E-state index in [9.17, 15) is 5.11 Å². The van der Waals surface area contributed by atoms with Crippen molar-refractivity contribution < 1.29 is 5.11 Å². The van der Waals surface area contributed by atoms with E-state index in [0.717, 1.165) is 29.6 Å². The summed E-state index contributed by atoms with van der Waals surface area (Å²) < 4.78 is 0. The maximum Gasteiger partial charge on any atom is 0.0545 e. The van der Waals surface area contributed by atoms with Gasteiger partial charge in [-0.1, -0.05) is 27.2 Å². The van der Waals surface area contributed by atoms with E-state index in [-0.39, 0.29) is 6.10 Å². The molecule has 1 nitrogen and oxygen atoms in total. The Hall–Kier alpha value is -0.0400. The van der Waals surface area contributed by atoms with Gasteiger partial charge in [-0.3, -0.25) is 0 Å². The van der Waals surface area contributed by atoms with Crippen LogP contribution in [-0.2, 0) is 0 Å². The van der Waals surface area contributed by atoms with Crippen LogP contribution in [0.3, 0.4) is 0 Å². The summed E-state index contributed by atoms with van der Waals surface area (Å²) in [6.45, 7) is 9.73. The van der Waals surface area contributed by atoms with Gasteiger partial charge in [0.25, 0.3) is 0 Å². The van der Waals surface area contributed by atoms with Crippen LogP contribution in [0, 0.1) is 46.3 Å². The highest BCUT2D eigenvalue weighted by Gasteiger charge is 2.60. The molecule has 1 heteroatoms. The Morgan fingerprint density at radius 3 is 2.30 bits per heavy atom. The molecule has 23 heavy (non-hydrogen) atoms. The van der Waals surface area contributed by atoms with E-state index >= 15 is 0 Å². The van der Waals surface area contributed by atoms with Gasteiger partial charge in [-0.25, -0.2) is 0 Å². The largest absolute Gasteiger partial charge is 0.393 e. The summed E-state index contributed by atoms with van der Waals surface area (Å²) in [7, 11) is 0.